The molecule has 138 valence electrons. The Balaban J connectivity index is 1.53. The second-order valence-electron chi connectivity index (χ2n) is 5.96. The van der Waals surface area contributed by atoms with Crippen LogP contribution in [0.1, 0.15) is 16.2 Å². The molecule has 1 aliphatic rings. The van der Waals surface area contributed by atoms with Crippen LogP contribution in [0.4, 0.5) is 10.2 Å². The summed E-state index contributed by atoms with van der Waals surface area (Å²) in [5.41, 5.74) is 1.10. The first kappa shape index (κ1) is 17.0. The number of rotatable bonds is 5. The molecule has 8 heteroatoms. The highest BCUT2D eigenvalue weighted by Gasteiger charge is 2.29. The third-order valence-electron chi connectivity index (χ3n) is 4.23. The molecule has 3 aromatic rings. The molecule has 0 unspecified atom stereocenters. The van der Waals surface area contributed by atoms with Gasteiger partial charge < -0.3 is 9.47 Å². The van der Waals surface area contributed by atoms with Gasteiger partial charge in [-0.1, -0.05) is 18.2 Å². The van der Waals surface area contributed by atoms with Crippen molar-refractivity contribution < 1.29 is 18.7 Å². The van der Waals surface area contributed by atoms with E-state index in [2.05, 4.69) is 10.1 Å². The van der Waals surface area contributed by atoms with Crippen molar-refractivity contribution in [3.63, 3.8) is 0 Å². The molecule has 0 spiro atoms. The van der Waals surface area contributed by atoms with E-state index in [9.17, 15) is 9.18 Å². The summed E-state index contributed by atoms with van der Waals surface area (Å²) in [7, 11) is 1.33. The molecule has 7 nitrogen and oxygen atoms in total. The number of hydrogen-bond donors (Lipinski definition) is 0. The number of aromatic nitrogens is 3. The maximum atomic E-state index is 13.6. The summed E-state index contributed by atoms with van der Waals surface area (Å²) in [5, 5.41) is 4.43. The van der Waals surface area contributed by atoms with Crippen LogP contribution in [-0.4, -0.2) is 34.3 Å². The van der Waals surface area contributed by atoms with Gasteiger partial charge in [-0.2, -0.15) is 10.1 Å². The first-order valence-electron chi connectivity index (χ1n) is 8.42. The molecule has 0 atom stereocenters. The first-order chi connectivity index (χ1) is 13.2. The standard InChI is InChI=1S/C19H17FN4O3/c1-26-18-15(20)7-8-17(21-18)23-9-10-24-16(19(23)25)11-13(22-24)12-27-14-5-3-2-4-6-14/h2-8,11H,9-10,12H2,1H3. The van der Waals surface area contributed by atoms with Crippen molar-refractivity contribution in [2.75, 3.05) is 18.6 Å². The quantitative estimate of drug-likeness (QED) is 0.693. The Morgan fingerprint density at radius 1 is 1.15 bits per heavy atom. The van der Waals surface area contributed by atoms with Gasteiger partial charge in [0.25, 0.3) is 11.8 Å². The Morgan fingerprint density at radius 3 is 2.74 bits per heavy atom. The largest absolute Gasteiger partial charge is 0.487 e. The van der Waals surface area contributed by atoms with E-state index in [1.54, 1.807) is 10.7 Å². The fourth-order valence-corrected chi connectivity index (χ4v) is 2.92. The highest BCUT2D eigenvalue weighted by Crippen LogP contribution is 2.24. The van der Waals surface area contributed by atoms with Gasteiger partial charge in [0.05, 0.1) is 13.7 Å². The maximum absolute atomic E-state index is 13.6. The second kappa shape index (κ2) is 7.06. The summed E-state index contributed by atoms with van der Waals surface area (Å²) in [4.78, 5) is 18.4. The molecule has 0 radical (unpaired) electrons. The molecule has 3 heterocycles. The summed E-state index contributed by atoms with van der Waals surface area (Å²) in [6.45, 7) is 1.15. The molecule has 4 rings (SSSR count). The summed E-state index contributed by atoms with van der Waals surface area (Å²) >= 11 is 0. The average molecular weight is 368 g/mol. The number of benzene rings is 1. The third-order valence-corrected chi connectivity index (χ3v) is 4.23. The Labute approximate surface area is 155 Å². The Bertz CT molecular complexity index is 974. The summed E-state index contributed by atoms with van der Waals surface area (Å²) in [6.07, 6.45) is 0. The molecule has 1 aliphatic heterocycles. The zero-order valence-corrected chi connectivity index (χ0v) is 14.6. The van der Waals surface area contributed by atoms with Gasteiger partial charge in [0, 0.05) is 6.54 Å². The summed E-state index contributed by atoms with van der Waals surface area (Å²) in [6, 6.07) is 13.8. The molecule has 0 N–H and O–H groups in total. The zero-order chi connectivity index (χ0) is 18.8. The molecule has 0 bridgehead atoms. The number of halogens is 1. The minimum Gasteiger partial charge on any atom is -0.487 e. The Morgan fingerprint density at radius 2 is 1.96 bits per heavy atom. The second-order valence-corrected chi connectivity index (χ2v) is 5.96. The SMILES string of the molecule is COc1nc(N2CCn3nc(COc4ccccc4)cc3C2=O)ccc1F. The molecule has 1 amide bonds. The third kappa shape index (κ3) is 3.33. The highest BCUT2D eigenvalue weighted by atomic mass is 19.1. The van der Waals surface area contributed by atoms with Gasteiger partial charge in [-0.3, -0.25) is 14.4 Å². The predicted molar refractivity (Wildman–Crippen MR) is 95.4 cm³/mol. The van der Waals surface area contributed by atoms with Gasteiger partial charge in [0.15, 0.2) is 5.82 Å². The van der Waals surface area contributed by atoms with Gasteiger partial charge >= 0.3 is 0 Å². The lowest BCUT2D eigenvalue weighted by molar-refractivity contribution is 0.0961. The van der Waals surface area contributed by atoms with Crippen LogP contribution in [0.25, 0.3) is 0 Å². The summed E-state index contributed by atoms with van der Waals surface area (Å²) in [5.74, 6) is 0.111. The monoisotopic (exact) mass is 368 g/mol. The molecule has 0 saturated heterocycles. The van der Waals surface area contributed by atoms with Crippen LogP contribution >= 0.6 is 0 Å². The van der Waals surface area contributed by atoms with Crippen LogP contribution in [0.5, 0.6) is 11.6 Å². The molecule has 0 saturated carbocycles. The van der Waals surface area contributed by atoms with Crippen molar-refractivity contribution in [3.8, 4) is 11.6 Å². The Kier molecular flexibility index (Phi) is 4.45. The molecule has 2 aromatic heterocycles. The van der Waals surface area contributed by atoms with E-state index in [-0.39, 0.29) is 18.4 Å². The van der Waals surface area contributed by atoms with Gasteiger partial charge in [-0.25, -0.2) is 4.39 Å². The van der Waals surface area contributed by atoms with Crippen molar-refractivity contribution in [1.82, 2.24) is 14.8 Å². The van der Waals surface area contributed by atoms with Crippen LogP contribution in [0, 0.1) is 5.82 Å². The molecule has 0 fully saturated rings. The number of ether oxygens (including phenoxy) is 2. The van der Waals surface area contributed by atoms with Crippen molar-refractivity contribution >= 4 is 11.7 Å². The van der Waals surface area contributed by atoms with Crippen molar-refractivity contribution in [1.29, 1.82) is 0 Å². The lowest BCUT2D eigenvalue weighted by Gasteiger charge is -2.26. The van der Waals surface area contributed by atoms with Gasteiger partial charge in [0.1, 0.15) is 29.6 Å². The van der Waals surface area contributed by atoms with E-state index in [0.717, 1.165) is 5.75 Å². The number of pyridine rings is 1. The topological polar surface area (TPSA) is 69.5 Å². The number of carbonyl (C=O) groups excluding carboxylic acids is 1. The lowest BCUT2D eigenvalue weighted by Crippen LogP contribution is -2.41. The smallest absolute Gasteiger partial charge is 0.277 e. The van der Waals surface area contributed by atoms with Gasteiger partial charge in [-0.15, -0.1) is 0 Å². The Hall–Kier alpha value is -3.42. The van der Waals surface area contributed by atoms with Crippen LogP contribution in [-0.2, 0) is 13.2 Å². The van der Waals surface area contributed by atoms with Gasteiger partial charge in [-0.05, 0) is 30.3 Å². The van der Waals surface area contributed by atoms with Crippen molar-refractivity contribution in [2.24, 2.45) is 0 Å². The number of methoxy groups -OCH3 is 1. The fraction of sp³-hybridized carbons (Fsp3) is 0.211. The van der Waals surface area contributed by atoms with E-state index in [0.29, 0.717) is 30.3 Å². The molecule has 1 aromatic carbocycles. The number of anilines is 1. The number of amides is 1. The van der Waals surface area contributed by atoms with Crippen molar-refractivity contribution in [3.05, 3.63) is 65.7 Å². The number of carbonyl (C=O) groups is 1. The van der Waals surface area contributed by atoms with E-state index in [4.69, 9.17) is 9.47 Å². The van der Waals surface area contributed by atoms with E-state index in [1.165, 1.54) is 24.1 Å². The highest BCUT2D eigenvalue weighted by molar-refractivity contribution is 6.05. The first-order valence-corrected chi connectivity index (χ1v) is 8.42. The van der Waals surface area contributed by atoms with Crippen LogP contribution < -0.4 is 14.4 Å². The average Bonchev–Trinajstić information content (AvgIpc) is 3.12. The van der Waals surface area contributed by atoms with Crippen LogP contribution in [0.2, 0.25) is 0 Å². The van der Waals surface area contributed by atoms with E-state index < -0.39 is 5.82 Å². The van der Waals surface area contributed by atoms with E-state index in [1.807, 2.05) is 30.3 Å². The van der Waals surface area contributed by atoms with E-state index >= 15 is 0 Å². The van der Waals surface area contributed by atoms with Crippen LogP contribution in [0.3, 0.4) is 0 Å². The normalized spacial score (nSPS) is 13.4. The predicted octanol–water partition coefficient (Wildman–Crippen LogP) is 2.67. The summed E-state index contributed by atoms with van der Waals surface area (Å²) < 4.78 is 25.8. The minimum absolute atomic E-state index is 0.142. The molecular formula is C19H17FN4O3. The fourth-order valence-electron chi connectivity index (χ4n) is 2.92. The van der Waals surface area contributed by atoms with Crippen molar-refractivity contribution in [2.45, 2.75) is 13.2 Å². The maximum Gasteiger partial charge on any atom is 0.277 e. The molecule has 0 aliphatic carbocycles. The zero-order valence-electron chi connectivity index (χ0n) is 14.6. The lowest BCUT2D eigenvalue weighted by atomic mass is 10.2. The molecular weight excluding hydrogens is 351 g/mol. The number of hydrogen-bond acceptors (Lipinski definition) is 5. The number of nitrogens with zero attached hydrogens (tertiary/aromatic N) is 4. The van der Waals surface area contributed by atoms with Crippen LogP contribution in [0.15, 0.2) is 48.5 Å². The minimum atomic E-state index is -0.573. The van der Waals surface area contributed by atoms with Gasteiger partial charge in [0.2, 0.25) is 0 Å². The molecule has 27 heavy (non-hydrogen) atoms. The number of para-hydroxylation sites is 1. The number of fused-ring (bicyclic) bond motifs is 1.